The Balaban J connectivity index is 2.63. The summed E-state index contributed by atoms with van der Waals surface area (Å²) < 4.78 is 18.3. The number of rotatable bonds is 8. The molecule has 108 valence electrons. The summed E-state index contributed by atoms with van der Waals surface area (Å²) in [5, 5.41) is 3.65. The van der Waals surface area contributed by atoms with Gasteiger partial charge in [-0.25, -0.2) is 4.39 Å². The van der Waals surface area contributed by atoms with Gasteiger partial charge in [0.25, 0.3) is 0 Å². The third kappa shape index (κ3) is 5.89. The van der Waals surface area contributed by atoms with Crippen molar-refractivity contribution in [3.8, 4) is 0 Å². The van der Waals surface area contributed by atoms with Crippen molar-refractivity contribution in [1.82, 2.24) is 5.32 Å². The highest BCUT2D eigenvalue weighted by atomic mass is 35.5. The van der Waals surface area contributed by atoms with Gasteiger partial charge in [0.15, 0.2) is 0 Å². The van der Waals surface area contributed by atoms with Gasteiger partial charge in [0.2, 0.25) is 0 Å². The second-order valence-electron chi connectivity index (χ2n) is 5.00. The normalized spacial score (nSPS) is 14.4. The Labute approximate surface area is 120 Å². The van der Waals surface area contributed by atoms with Crippen molar-refractivity contribution in [2.24, 2.45) is 5.92 Å². The van der Waals surface area contributed by atoms with Crippen LogP contribution in [0.25, 0.3) is 0 Å². The smallest absolute Gasteiger partial charge is 0.141 e. The van der Waals surface area contributed by atoms with Crippen LogP contribution in [0.2, 0.25) is 5.02 Å². The van der Waals surface area contributed by atoms with E-state index in [4.69, 9.17) is 16.3 Å². The molecule has 0 aromatic heterocycles. The van der Waals surface area contributed by atoms with Crippen LogP contribution in [-0.2, 0) is 11.2 Å². The number of nitrogens with one attached hydrogen (secondary N) is 1. The molecule has 0 aliphatic heterocycles. The largest absolute Gasteiger partial charge is 0.384 e. The number of ether oxygens (including phenoxy) is 1. The molecule has 2 unspecified atom stereocenters. The van der Waals surface area contributed by atoms with E-state index in [9.17, 15) is 4.39 Å². The van der Waals surface area contributed by atoms with Crippen LogP contribution >= 0.6 is 11.6 Å². The fraction of sp³-hybridized carbons (Fsp3) is 0.600. The van der Waals surface area contributed by atoms with E-state index in [0.717, 1.165) is 31.6 Å². The van der Waals surface area contributed by atoms with Gasteiger partial charge >= 0.3 is 0 Å². The van der Waals surface area contributed by atoms with Gasteiger partial charge in [-0.05, 0) is 43.0 Å². The first-order valence-corrected chi connectivity index (χ1v) is 7.10. The lowest BCUT2D eigenvalue weighted by Crippen LogP contribution is -2.33. The van der Waals surface area contributed by atoms with Gasteiger partial charge in [-0.3, -0.25) is 0 Å². The van der Waals surface area contributed by atoms with Crippen LogP contribution in [0.5, 0.6) is 0 Å². The molecular formula is C15H23ClFNO. The molecule has 0 spiro atoms. The Kier molecular flexibility index (Phi) is 7.36. The topological polar surface area (TPSA) is 21.3 Å². The first-order valence-electron chi connectivity index (χ1n) is 6.73. The zero-order valence-corrected chi connectivity index (χ0v) is 12.6. The molecule has 0 aliphatic rings. The molecule has 1 aromatic rings. The van der Waals surface area contributed by atoms with Gasteiger partial charge in [-0.15, -0.1) is 0 Å². The highest BCUT2D eigenvalue weighted by Gasteiger charge is 2.14. The van der Waals surface area contributed by atoms with Crippen molar-refractivity contribution in [3.05, 3.63) is 34.6 Å². The molecule has 0 fully saturated rings. The lowest BCUT2D eigenvalue weighted by Gasteiger charge is -2.21. The molecule has 0 bridgehead atoms. The monoisotopic (exact) mass is 287 g/mol. The fourth-order valence-electron chi connectivity index (χ4n) is 2.32. The fourth-order valence-corrected chi connectivity index (χ4v) is 2.52. The predicted octanol–water partition coefficient (Wildman–Crippen LogP) is 3.67. The summed E-state index contributed by atoms with van der Waals surface area (Å²) in [6.45, 7) is 5.93. The Morgan fingerprint density at radius 1 is 1.42 bits per heavy atom. The van der Waals surface area contributed by atoms with Gasteiger partial charge in [-0.2, -0.15) is 0 Å². The van der Waals surface area contributed by atoms with Crippen LogP contribution in [-0.4, -0.2) is 26.3 Å². The van der Waals surface area contributed by atoms with Crippen molar-refractivity contribution in [1.29, 1.82) is 0 Å². The number of halogens is 2. The molecule has 1 rings (SSSR count). The second-order valence-corrected chi connectivity index (χ2v) is 5.41. The lowest BCUT2D eigenvalue weighted by atomic mass is 9.96. The van der Waals surface area contributed by atoms with Crippen molar-refractivity contribution >= 4 is 11.6 Å². The first kappa shape index (κ1) is 16.4. The number of hydrogen-bond donors (Lipinski definition) is 1. The molecule has 1 aromatic carbocycles. The Morgan fingerprint density at radius 3 is 2.74 bits per heavy atom. The van der Waals surface area contributed by atoms with E-state index in [2.05, 4.69) is 19.2 Å². The SMILES string of the molecule is CCNC(Cc1ccc(F)c(Cl)c1)CC(C)COC. The Bertz CT molecular complexity index is 386. The maximum atomic E-state index is 13.1. The molecule has 2 nitrogen and oxygen atoms in total. The van der Waals surface area contributed by atoms with Crippen LogP contribution in [0, 0.1) is 11.7 Å². The molecule has 19 heavy (non-hydrogen) atoms. The van der Waals surface area contributed by atoms with Crippen LogP contribution in [0.4, 0.5) is 4.39 Å². The van der Waals surface area contributed by atoms with Crippen LogP contribution in [0.3, 0.4) is 0 Å². The van der Waals surface area contributed by atoms with E-state index >= 15 is 0 Å². The van der Waals surface area contributed by atoms with E-state index in [1.165, 1.54) is 6.07 Å². The zero-order valence-electron chi connectivity index (χ0n) is 11.9. The maximum absolute atomic E-state index is 13.1. The zero-order chi connectivity index (χ0) is 14.3. The number of benzene rings is 1. The minimum absolute atomic E-state index is 0.192. The summed E-state index contributed by atoms with van der Waals surface area (Å²) in [7, 11) is 1.72. The summed E-state index contributed by atoms with van der Waals surface area (Å²) in [4.78, 5) is 0. The van der Waals surface area contributed by atoms with Gasteiger partial charge in [0.05, 0.1) is 5.02 Å². The van der Waals surface area contributed by atoms with E-state index in [1.807, 2.05) is 0 Å². The van der Waals surface area contributed by atoms with Crippen LogP contribution < -0.4 is 5.32 Å². The maximum Gasteiger partial charge on any atom is 0.141 e. The minimum Gasteiger partial charge on any atom is -0.384 e. The van der Waals surface area contributed by atoms with Crippen LogP contribution in [0.1, 0.15) is 25.8 Å². The van der Waals surface area contributed by atoms with Gasteiger partial charge in [0.1, 0.15) is 5.82 Å². The third-order valence-corrected chi connectivity index (χ3v) is 3.39. The second kappa shape index (κ2) is 8.51. The Morgan fingerprint density at radius 2 is 2.16 bits per heavy atom. The number of likely N-dealkylation sites (N-methyl/N-ethyl adjacent to an activating group) is 1. The van der Waals surface area contributed by atoms with Gasteiger partial charge in [-0.1, -0.05) is 31.5 Å². The molecule has 1 N–H and O–H groups in total. The summed E-state index contributed by atoms with van der Waals surface area (Å²) in [6, 6.07) is 5.30. The van der Waals surface area contributed by atoms with Crippen LogP contribution in [0.15, 0.2) is 18.2 Å². The molecule has 0 amide bonds. The summed E-state index contributed by atoms with van der Waals surface area (Å²) in [5.74, 6) is 0.128. The number of methoxy groups -OCH3 is 1. The number of hydrogen-bond acceptors (Lipinski definition) is 2. The average molecular weight is 288 g/mol. The van der Waals surface area contributed by atoms with Crippen molar-refractivity contribution in [2.75, 3.05) is 20.3 Å². The summed E-state index contributed by atoms with van der Waals surface area (Å²) >= 11 is 5.81. The molecule has 0 radical (unpaired) electrons. The van der Waals surface area contributed by atoms with Gasteiger partial charge < -0.3 is 10.1 Å². The average Bonchev–Trinajstić information content (AvgIpc) is 2.34. The molecule has 0 saturated heterocycles. The third-order valence-electron chi connectivity index (χ3n) is 3.10. The molecule has 0 saturated carbocycles. The predicted molar refractivity (Wildman–Crippen MR) is 78.2 cm³/mol. The lowest BCUT2D eigenvalue weighted by molar-refractivity contribution is 0.149. The highest BCUT2D eigenvalue weighted by molar-refractivity contribution is 6.30. The minimum atomic E-state index is -0.363. The Hall–Kier alpha value is -0.640. The molecular weight excluding hydrogens is 265 g/mol. The van der Waals surface area contributed by atoms with Crippen molar-refractivity contribution in [2.45, 2.75) is 32.7 Å². The van der Waals surface area contributed by atoms with E-state index in [1.54, 1.807) is 19.2 Å². The van der Waals surface area contributed by atoms with E-state index < -0.39 is 0 Å². The highest BCUT2D eigenvalue weighted by Crippen LogP contribution is 2.18. The quantitative estimate of drug-likeness (QED) is 0.788. The summed E-state index contributed by atoms with van der Waals surface area (Å²) in [6.07, 6.45) is 1.87. The molecule has 0 aliphatic carbocycles. The first-order chi connectivity index (χ1) is 9.06. The molecule has 4 heteroatoms. The van der Waals surface area contributed by atoms with E-state index in [0.29, 0.717) is 12.0 Å². The molecule has 0 heterocycles. The van der Waals surface area contributed by atoms with Gasteiger partial charge in [0, 0.05) is 19.8 Å². The van der Waals surface area contributed by atoms with Crippen molar-refractivity contribution < 1.29 is 9.13 Å². The van der Waals surface area contributed by atoms with E-state index in [-0.39, 0.29) is 10.8 Å². The molecule has 2 atom stereocenters. The summed E-state index contributed by atoms with van der Waals surface area (Å²) in [5.41, 5.74) is 1.06. The van der Waals surface area contributed by atoms with Crippen molar-refractivity contribution in [3.63, 3.8) is 0 Å². The standard InChI is InChI=1S/C15H23ClFNO/c1-4-18-13(7-11(2)10-19-3)8-12-5-6-15(17)14(16)9-12/h5-6,9,11,13,18H,4,7-8,10H2,1-3H3.